The molecule has 0 spiro atoms. The van der Waals surface area contributed by atoms with Gasteiger partial charge in [0.05, 0.1) is 19.1 Å². The Labute approximate surface area is 138 Å². The molecule has 6 nitrogen and oxygen atoms in total. The van der Waals surface area contributed by atoms with Gasteiger partial charge in [-0.3, -0.25) is 0 Å². The molecule has 1 saturated heterocycles. The van der Waals surface area contributed by atoms with E-state index in [2.05, 4.69) is 16.7 Å². The number of benzene rings is 1. The average Bonchev–Trinajstić information content (AvgIpc) is 2.52. The molecule has 1 heterocycles. The number of sulfonamides is 1. The van der Waals surface area contributed by atoms with Crippen LogP contribution in [-0.4, -0.2) is 54.2 Å². The molecule has 0 bridgehead atoms. The van der Waals surface area contributed by atoms with Gasteiger partial charge in [-0.1, -0.05) is 0 Å². The molecule has 2 rings (SSSR count). The summed E-state index contributed by atoms with van der Waals surface area (Å²) in [6.07, 6.45) is 2.16. The first kappa shape index (κ1) is 18.0. The molecular formula is C16H26N2O4S. The maximum atomic E-state index is 12.6. The number of hydrogen-bond acceptors (Lipinski definition) is 5. The van der Waals surface area contributed by atoms with E-state index in [0.29, 0.717) is 29.5 Å². The summed E-state index contributed by atoms with van der Waals surface area (Å²) in [6.45, 7) is 4.22. The van der Waals surface area contributed by atoms with Crippen molar-refractivity contribution < 1.29 is 17.9 Å². The molecule has 1 fully saturated rings. The molecule has 0 amide bonds. The van der Waals surface area contributed by atoms with Gasteiger partial charge in [0.25, 0.3) is 0 Å². The van der Waals surface area contributed by atoms with Crippen LogP contribution in [0.2, 0.25) is 0 Å². The third-order valence-electron chi connectivity index (χ3n) is 4.25. The topological polar surface area (TPSA) is 67.9 Å². The van der Waals surface area contributed by atoms with Gasteiger partial charge in [0.15, 0.2) is 11.5 Å². The van der Waals surface area contributed by atoms with Crippen LogP contribution in [0, 0.1) is 12.8 Å². The second-order valence-electron chi connectivity index (χ2n) is 6.10. The molecule has 130 valence electrons. The summed E-state index contributed by atoms with van der Waals surface area (Å²) < 4.78 is 38.4. The van der Waals surface area contributed by atoms with Crippen molar-refractivity contribution in [3.8, 4) is 11.5 Å². The normalized spacial score (nSPS) is 19.6. The number of rotatable bonds is 6. The predicted molar refractivity (Wildman–Crippen MR) is 89.7 cm³/mol. The van der Waals surface area contributed by atoms with Crippen LogP contribution in [0.25, 0.3) is 0 Å². The van der Waals surface area contributed by atoms with E-state index < -0.39 is 10.0 Å². The maximum Gasteiger partial charge on any atom is 0.240 e. The van der Waals surface area contributed by atoms with Crippen molar-refractivity contribution in [3.05, 3.63) is 17.7 Å². The van der Waals surface area contributed by atoms with Crippen molar-refractivity contribution >= 4 is 10.0 Å². The van der Waals surface area contributed by atoms with Crippen molar-refractivity contribution in [2.75, 3.05) is 40.9 Å². The first-order chi connectivity index (χ1) is 10.9. The van der Waals surface area contributed by atoms with Gasteiger partial charge in [0.1, 0.15) is 0 Å². The highest BCUT2D eigenvalue weighted by atomic mass is 32.2. The zero-order valence-corrected chi connectivity index (χ0v) is 15.1. The van der Waals surface area contributed by atoms with Crippen LogP contribution in [0.3, 0.4) is 0 Å². The lowest BCUT2D eigenvalue weighted by Gasteiger charge is -2.29. The molecule has 1 N–H and O–H groups in total. The fraction of sp³-hybridized carbons (Fsp3) is 0.625. The number of aryl methyl sites for hydroxylation is 1. The zero-order valence-electron chi connectivity index (χ0n) is 14.3. The Kier molecular flexibility index (Phi) is 5.89. The number of piperidine rings is 1. The number of methoxy groups -OCH3 is 2. The molecule has 1 aliphatic rings. The van der Waals surface area contributed by atoms with Crippen molar-refractivity contribution in [3.63, 3.8) is 0 Å². The third kappa shape index (κ3) is 4.37. The zero-order chi connectivity index (χ0) is 17.0. The number of hydrogen-bond donors (Lipinski definition) is 1. The Bertz CT molecular complexity index is 646. The standard InChI is InChI=1S/C16H26N2O4S/c1-12-8-14(21-3)15(22-4)9-16(12)23(19,20)17-10-13-6-5-7-18(2)11-13/h8-9,13,17H,5-7,10-11H2,1-4H3. The highest BCUT2D eigenvalue weighted by molar-refractivity contribution is 7.89. The fourth-order valence-corrected chi connectivity index (χ4v) is 4.35. The molecule has 0 aromatic heterocycles. The molecule has 0 aliphatic carbocycles. The Hall–Kier alpha value is -1.31. The minimum Gasteiger partial charge on any atom is -0.493 e. The van der Waals surface area contributed by atoms with Gasteiger partial charge in [-0.05, 0) is 50.9 Å². The van der Waals surface area contributed by atoms with Gasteiger partial charge in [-0.15, -0.1) is 0 Å². The molecular weight excluding hydrogens is 316 g/mol. The van der Waals surface area contributed by atoms with E-state index in [0.717, 1.165) is 25.9 Å². The molecule has 1 atom stereocenters. The number of ether oxygens (including phenoxy) is 2. The van der Waals surface area contributed by atoms with E-state index in [4.69, 9.17) is 9.47 Å². The Morgan fingerprint density at radius 3 is 2.52 bits per heavy atom. The lowest BCUT2D eigenvalue weighted by molar-refractivity contribution is 0.211. The Morgan fingerprint density at radius 2 is 1.91 bits per heavy atom. The Morgan fingerprint density at radius 1 is 1.26 bits per heavy atom. The van der Waals surface area contributed by atoms with Crippen LogP contribution in [0.5, 0.6) is 11.5 Å². The predicted octanol–water partition coefficient (Wildman–Crippen LogP) is 1.63. The minimum absolute atomic E-state index is 0.235. The summed E-state index contributed by atoms with van der Waals surface area (Å²) in [5.74, 6) is 1.29. The summed E-state index contributed by atoms with van der Waals surface area (Å²) in [5.41, 5.74) is 0.635. The average molecular weight is 342 g/mol. The van der Waals surface area contributed by atoms with E-state index in [-0.39, 0.29) is 4.90 Å². The lowest BCUT2D eigenvalue weighted by atomic mass is 9.99. The molecule has 0 saturated carbocycles. The van der Waals surface area contributed by atoms with Crippen molar-refractivity contribution in [2.45, 2.75) is 24.7 Å². The molecule has 1 aliphatic heterocycles. The monoisotopic (exact) mass is 342 g/mol. The minimum atomic E-state index is -3.57. The van der Waals surface area contributed by atoms with Gasteiger partial charge >= 0.3 is 0 Å². The fourth-order valence-electron chi connectivity index (χ4n) is 3.00. The van der Waals surface area contributed by atoms with Crippen LogP contribution in [0.15, 0.2) is 17.0 Å². The summed E-state index contributed by atoms with van der Waals surface area (Å²) >= 11 is 0. The van der Waals surface area contributed by atoms with Crippen LogP contribution < -0.4 is 14.2 Å². The van der Waals surface area contributed by atoms with Crippen LogP contribution in [0.1, 0.15) is 18.4 Å². The van der Waals surface area contributed by atoms with Crippen molar-refractivity contribution in [2.24, 2.45) is 5.92 Å². The smallest absolute Gasteiger partial charge is 0.240 e. The highest BCUT2D eigenvalue weighted by Crippen LogP contribution is 2.32. The molecule has 1 aromatic carbocycles. The van der Waals surface area contributed by atoms with Crippen LogP contribution in [0.4, 0.5) is 0 Å². The van der Waals surface area contributed by atoms with Gasteiger partial charge < -0.3 is 14.4 Å². The molecule has 1 unspecified atom stereocenters. The van der Waals surface area contributed by atoms with E-state index >= 15 is 0 Å². The first-order valence-electron chi connectivity index (χ1n) is 7.78. The second kappa shape index (κ2) is 7.51. The Balaban J connectivity index is 2.15. The first-order valence-corrected chi connectivity index (χ1v) is 9.26. The summed E-state index contributed by atoms with van der Waals surface area (Å²) in [5, 5.41) is 0. The van der Waals surface area contributed by atoms with E-state index in [1.165, 1.54) is 20.3 Å². The largest absolute Gasteiger partial charge is 0.493 e. The number of likely N-dealkylation sites (tertiary alicyclic amines) is 1. The van der Waals surface area contributed by atoms with Gasteiger partial charge in [0, 0.05) is 19.2 Å². The molecule has 1 aromatic rings. The van der Waals surface area contributed by atoms with Gasteiger partial charge in [0.2, 0.25) is 10.0 Å². The van der Waals surface area contributed by atoms with Crippen LogP contribution in [-0.2, 0) is 10.0 Å². The molecule has 7 heteroatoms. The van der Waals surface area contributed by atoms with E-state index in [1.807, 2.05) is 0 Å². The van der Waals surface area contributed by atoms with Gasteiger partial charge in [-0.2, -0.15) is 0 Å². The number of nitrogens with one attached hydrogen (secondary N) is 1. The summed E-state index contributed by atoms with van der Waals surface area (Å²) in [7, 11) is 1.53. The molecule has 0 radical (unpaired) electrons. The van der Waals surface area contributed by atoms with Crippen LogP contribution >= 0.6 is 0 Å². The van der Waals surface area contributed by atoms with E-state index in [9.17, 15) is 8.42 Å². The SMILES string of the molecule is COc1cc(C)c(S(=O)(=O)NCC2CCCN(C)C2)cc1OC. The molecule has 23 heavy (non-hydrogen) atoms. The third-order valence-corrected chi connectivity index (χ3v) is 5.82. The highest BCUT2D eigenvalue weighted by Gasteiger charge is 2.23. The maximum absolute atomic E-state index is 12.6. The van der Waals surface area contributed by atoms with E-state index in [1.54, 1.807) is 13.0 Å². The summed E-state index contributed by atoms with van der Waals surface area (Å²) in [4.78, 5) is 2.48. The van der Waals surface area contributed by atoms with Crippen molar-refractivity contribution in [1.29, 1.82) is 0 Å². The lowest BCUT2D eigenvalue weighted by Crippen LogP contribution is -2.39. The summed E-state index contributed by atoms with van der Waals surface area (Å²) in [6, 6.07) is 3.20. The number of nitrogens with zero attached hydrogens (tertiary/aromatic N) is 1. The van der Waals surface area contributed by atoms with Gasteiger partial charge in [-0.25, -0.2) is 13.1 Å². The quantitative estimate of drug-likeness (QED) is 0.851. The van der Waals surface area contributed by atoms with Crippen molar-refractivity contribution in [1.82, 2.24) is 9.62 Å². The second-order valence-corrected chi connectivity index (χ2v) is 7.83.